The number of aliphatic hydroxyl groups is 1. The van der Waals surface area contributed by atoms with Crippen molar-refractivity contribution in [2.45, 2.75) is 26.5 Å². The van der Waals surface area contributed by atoms with E-state index in [9.17, 15) is 5.11 Å². The summed E-state index contributed by atoms with van der Waals surface area (Å²) >= 11 is 6.13. The molecule has 0 bridgehead atoms. The summed E-state index contributed by atoms with van der Waals surface area (Å²) in [5, 5.41) is 12.8. The lowest BCUT2D eigenvalue weighted by molar-refractivity contribution is 0.191. The zero-order valence-electron chi connectivity index (χ0n) is 11.0. The number of rotatable bonds is 7. The predicted molar refractivity (Wildman–Crippen MR) is 72.6 cm³/mol. The van der Waals surface area contributed by atoms with Crippen molar-refractivity contribution in [3.63, 3.8) is 0 Å². The Labute approximate surface area is 113 Å². The van der Waals surface area contributed by atoms with Crippen LogP contribution in [0.3, 0.4) is 0 Å². The van der Waals surface area contributed by atoms with Crippen LogP contribution in [-0.2, 0) is 6.54 Å². The number of ether oxygens (including phenoxy) is 2. The molecule has 1 atom stereocenters. The Kier molecular flexibility index (Phi) is 6.25. The summed E-state index contributed by atoms with van der Waals surface area (Å²) in [6.07, 6.45) is -0.370. The first-order valence-electron chi connectivity index (χ1n) is 5.96. The molecule has 0 saturated carbocycles. The van der Waals surface area contributed by atoms with Crippen LogP contribution in [0.25, 0.3) is 0 Å². The molecular formula is C13H20ClNO3. The molecule has 1 aromatic rings. The van der Waals surface area contributed by atoms with Gasteiger partial charge in [-0.25, -0.2) is 0 Å². The van der Waals surface area contributed by atoms with E-state index in [4.69, 9.17) is 21.1 Å². The van der Waals surface area contributed by atoms with Crippen LogP contribution in [0.5, 0.6) is 11.5 Å². The van der Waals surface area contributed by atoms with Crippen LogP contribution in [0.15, 0.2) is 12.1 Å². The summed E-state index contributed by atoms with van der Waals surface area (Å²) in [5.41, 5.74) is 0.991. The zero-order chi connectivity index (χ0) is 13.5. The standard InChI is InChI=1S/C13H20ClNO3/c1-4-18-12-6-10(8-15-7-9(2)16)5-11(14)13(12)17-3/h5-6,9,15-16H,4,7-8H2,1-3H3. The Morgan fingerprint density at radius 2 is 2.17 bits per heavy atom. The van der Waals surface area contributed by atoms with Crippen molar-refractivity contribution in [3.8, 4) is 11.5 Å². The molecule has 0 aliphatic carbocycles. The fourth-order valence-corrected chi connectivity index (χ4v) is 1.92. The van der Waals surface area contributed by atoms with Gasteiger partial charge in [0.05, 0.1) is 24.8 Å². The lowest BCUT2D eigenvalue weighted by Gasteiger charge is -2.14. The number of benzene rings is 1. The molecule has 0 aromatic heterocycles. The number of nitrogens with one attached hydrogen (secondary N) is 1. The third-order valence-corrected chi connectivity index (χ3v) is 2.62. The number of hydrogen-bond donors (Lipinski definition) is 2. The lowest BCUT2D eigenvalue weighted by atomic mass is 10.2. The maximum absolute atomic E-state index is 9.17. The van der Waals surface area contributed by atoms with Crippen LogP contribution in [0.2, 0.25) is 5.02 Å². The van der Waals surface area contributed by atoms with Gasteiger partial charge in [-0.05, 0) is 31.5 Å². The van der Waals surface area contributed by atoms with Crippen molar-refractivity contribution < 1.29 is 14.6 Å². The van der Waals surface area contributed by atoms with E-state index in [-0.39, 0.29) is 6.10 Å². The first kappa shape index (κ1) is 15.1. The van der Waals surface area contributed by atoms with Crippen LogP contribution in [0, 0.1) is 0 Å². The SMILES string of the molecule is CCOc1cc(CNCC(C)O)cc(Cl)c1OC. The quantitative estimate of drug-likeness (QED) is 0.800. The molecule has 1 rings (SSSR count). The summed E-state index contributed by atoms with van der Waals surface area (Å²) in [6.45, 7) is 5.35. The van der Waals surface area contributed by atoms with Crippen LogP contribution < -0.4 is 14.8 Å². The van der Waals surface area contributed by atoms with Gasteiger partial charge in [0, 0.05) is 13.1 Å². The van der Waals surface area contributed by atoms with Gasteiger partial charge in [0.2, 0.25) is 0 Å². The first-order valence-corrected chi connectivity index (χ1v) is 6.34. The smallest absolute Gasteiger partial charge is 0.179 e. The first-order chi connectivity index (χ1) is 8.58. The minimum atomic E-state index is -0.370. The Morgan fingerprint density at radius 1 is 1.44 bits per heavy atom. The van der Waals surface area contributed by atoms with Gasteiger partial charge in [0.15, 0.2) is 11.5 Å². The Bertz CT molecular complexity index is 383. The maximum Gasteiger partial charge on any atom is 0.179 e. The molecule has 0 radical (unpaired) electrons. The maximum atomic E-state index is 9.17. The van der Waals surface area contributed by atoms with E-state index in [2.05, 4.69) is 5.32 Å². The molecule has 0 heterocycles. The van der Waals surface area contributed by atoms with Gasteiger partial charge in [-0.15, -0.1) is 0 Å². The molecule has 1 unspecified atom stereocenters. The van der Waals surface area contributed by atoms with Gasteiger partial charge in [0.25, 0.3) is 0 Å². The van der Waals surface area contributed by atoms with Crippen LogP contribution in [-0.4, -0.2) is 31.5 Å². The van der Waals surface area contributed by atoms with Crippen molar-refractivity contribution >= 4 is 11.6 Å². The number of aliphatic hydroxyl groups excluding tert-OH is 1. The zero-order valence-corrected chi connectivity index (χ0v) is 11.8. The summed E-state index contributed by atoms with van der Waals surface area (Å²) in [5.74, 6) is 1.19. The van der Waals surface area contributed by atoms with E-state index in [0.29, 0.717) is 36.2 Å². The van der Waals surface area contributed by atoms with E-state index in [1.807, 2.05) is 19.1 Å². The third-order valence-electron chi connectivity index (χ3n) is 2.34. The Hall–Kier alpha value is -0.970. The van der Waals surface area contributed by atoms with E-state index >= 15 is 0 Å². The average Bonchev–Trinajstić information content (AvgIpc) is 2.28. The summed E-state index contributed by atoms with van der Waals surface area (Å²) in [6, 6.07) is 3.72. The highest BCUT2D eigenvalue weighted by molar-refractivity contribution is 6.32. The topological polar surface area (TPSA) is 50.7 Å². The second kappa shape index (κ2) is 7.46. The summed E-state index contributed by atoms with van der Waals surface area (Å²) in [4.78, 5) is 0. The van der Waals surface area contributed by atoms with Crippen molar-refractivity contribution in [1.29, 1.82) is 0 Å². The van der Waals surface area contributed by atoms with Gasteiger partial charge in [-0.2, -0.15) is 0 Å². The monoisotopic (exact) mass is 273 g/mol. The van der Waals surface area contributed by atoms with Crippen LogP contribution in [0.1, 0.15) is 19.4 Å². The number of halogens is 1. The van der Waals surface area contributed by atoms with Crippen molar-refractivity contribution in [2.75, 3.05) is 20.3 Å². The average molecular weight is 274 g/mol. The second-order valence-electron chi connectivity index (χ2n) is 4.02. The highest BCUT2D eigenvalue weighted by Gasteiger charge is 2.11. The largest absolute Gasteiger partial charge is 0.491 e. The highest BCUT2D eigenvalue weighted by Crippen LogP contribution is 2.36. The van der Waals surface area contributed by atoms with Gasteiger partial charge in [-0.3, -0.25) is 0 Å². The van der Waals surface area contributed by atoms with Gasteiger partial charge >= 0.3 is 0 Å². The molecule has 0 fully saturated rings. The molecule has 0 aliphatic heterocycles. The fourth-order valence-electron chi connectivity index (χ4n) is 1.61. The third kappa shape index (κ3) is 4.37. The Balaban J connectivity index is 2.80. The van der Waals surface area contributed by atoms with E-state index < -0.39 is 0 Å². The second-order valence-corrected chi connectivity index (χ2v) is 4.43. The summed E-state index contributed by atoms with van der Waals surface area (Å²) < 4.78 is 10.7. The molecule has 5 heteroatoms. The van der Waals surface area contributed by atoms with E-state index in [0.717, 1.165) is 5.56 Å². The van der Waals surface area contributed by atoms with Crippen molar-refractivity contribution in [1.82, 2.24) is 5.32 Å². The molecule has 18 heavy (non-hydrogen) atoms. The molecule has 0 saturated heterocycles. The minimum absolute atomic E-state index is 0.370. The van der Waals surface area contributed by atoms with Crippen LogP contribution in [0.4, 0.5) is 0 Å². The van der Waals surface area contributed by atoms with E-state index in [1.165, 1.54) is 0 Å². The predicted octanol–water partition coefficient (Wildman–Crippen LogP) is 2.22. The van der Waals surface area contributed by atoms with E-state index in [1.54, 1.807) is 14.0 Å². The molecule has 0 spiro atoms. The molecule has 102 valence electrons. The number of methoxy groups -OCH3 is 1. The highest BCUT2D eigenvalue weighted by atomic mass is 35.5. The molecular weight excluding hydrogens is 254 g/mol. The molecule has 0 amide bonds. The summed E-state index contributed by atoms with van der Waals surface area (Å²) in [7, 11) is 1.56. The molecule has 4 nitrogen and oxygen atoms in total. The lowest BCUT2D eigenvalue weighted by Crippen LogP contribution is -2.23. The van der Waals surface area contributed by atoms with Gasteiger partial charge < -0.3 is 19.9 Å². The minimum Gasteiger partial charge on any atom is -0.491 e. The van der Waals surface area contributed by atoms with Crippen molar-refractivity contribution in [2.24, 2.45) is 0 Å². The Morgan fingerprint density at radius 3 is 2.72 bits per heavy atom. The fraction of sp³-hybridized carbons (Fsp3) is 0.538. The molecule has 2 N–H and O–H groups in total. The van der Waals surface area contributed by atoms with Gasteiger partial charge in [0.1, 0.15) is 0 Å². The molecule has 1 aromatic carbocycles. The number of hydrogen-bond acceptors (Lipinski definition) is 4. The molecule has 0 aliphatic rings. The normalized spacial score (nSPS) is 12.3. The van der Waals surface area contributed by atoms with Crippen LogP contribution >= 0.6 is 11.6 Å². The van der Waals surface area contributed by atoms with Crippen molar-refractivity contribution in [3.05, 3.63) is 22.7 Å². The van der Waals surface area contributed by atoms with Gasteiger partial charge in [-0.1, -0.05) is 11.6 Å².